The zero-order valence-electron chi connectivity index (χ0n) is 32.2. The number of hydrogen-bond acceptors (Lipinski definition) is 11. The number of allylic oxidation sites excluding steroid dienone is 2. The number of rotatable bonds is 16. The molecule has 14 heteroatoms. The molecule has 1 aliphatic heterocycles. The lowest BCUT2D eigenvalue weighted by molar-refractivity contribution is -0.145. The first kappa shape index (κ1) is 42.8. The van der Waals surface area contributed by atoms with Crippen LogP contribution in [0.3, 0.4) is 0 Å². The van der Waals surface area contributed by atoms with Crippen molar-refractivity contribution >= 4 is 35.8 Å². The van der Waals surface area contributed by atoms with Crippen molar-refractivity contribution in [3.63, 3.8) is 0 Å². The van der Waals surface area contributed by atoms with E-state index < -0.39 is 65.5 Å². The van der Waals surface area contributed by atoms with Crippen LogP contribution in [0.4, 0.5) is 4.79 Å². The average Bonchev–Trinajstić information content (AvgIpc) is 3.10. The summed E-state index contributed by atoms with van der Waals surface area (Å²) in [7, 11) is 1.19. The predicted octanol–water partition coefficient (Wildman–Crippen LogP) is 3.79. The van der Waals surface area contributed by atoms with Gasteiger partial charge in [-0.3, -0.25) is 9.59 Å². The van der Waals surface area contributed by atoms with Gasteiger partial charge in [-0.25, -0.2) is 19.2 Å². The summed E-state index contributed by atoms with van der Waals surface area (Å²) in [5, 5.41) is 11.1. The van der Waals surface area contributed by atoms with Crippen LogP contribution in [0.2, 0.25) is 0 Å². The number of dihydropyridines is 1. The smallest absolute Gasteiger partial charge is 0.408 e. The zero-order chi connectivity index (χ0) is 40.0. The van der Waals surface area contributed by atoms with Crippen LogP contribution in [0.5, 0.6) is 0 Å². The van der Waals surface area contributed by atoms with Crippen molar-refractivity contribution in [1.29, 1.82) is 0 Å². The molecule has 292 valence electrons. The fraction of sp³-hybridized carbons (Fsp3) is 0.450. The fourth-order valence-electron chi connectivity index (χ4n) is 6.03. The van der Waals surface area contributed by atoms with Crippen LogP contribution in [0, 0.1) is 5.92 Å². The number of benzene rings is 2. The number of nitrogens with one attached hydrogen (secondary N) is 4. The maximum absolute atomic E-state index is 14.4. The van der Waals surface area contributed by atoms with Gasteiger partial charge in [0.05, 0.1) is 31.5 Å². The minimum absolute atomic E-state index is 0.0204. The summed E-state index contributed by atoms with van der Waals surface area (Å²) in [4.78, 5) is 81.6. The van der Waals surface area contributed by atoms with E-state index in [2.05, 4.69) is 21.3 Å². The number of amides is 3. The number of methoxy groups -OCH3 is 1. The fourth-order valence-corrected chi connectivity index (χ4v) is 6.03. The second kappa shape index (κ2) is 20.0. The Balaban J connectivity index is 2.13. The summed E-state index contributed by atoms with van der Waals surface area (Å²) >= 11 is 0. The van der Waals surface area contributed by atoms with Gasteiger partial charge in [0.15, 0.2) is 0 Å². The van der Waals surface area contributed by atoms with E-state index in [-0.39, 0.29) is 43.6 Å². The molecule has 0 aromatic heterocycles. The van der Waals surface area contributed by atoms with Gasteiger partial charge in [0.1, 0.15) is 23.7 Å². The van der Waals surface area contributed by atoms with E-state index in [0.717, 1.165) is 5.56 Å². The first-order chi connectivity index (χ1) is 25.6. The SMILES string of the molecule is CCOC(=O)C1=C(C)NC(C)=C(C(=O)OCC)C1C[C@H](NC(=O)[C@H](Cc1ccccc1)NC(=O)OC(C)(C)C)C(=O)N[C@@H](Cc1ccccc1)C(=O)OC. The first-order valence-electron chi connectivity index (χ1n) is 17.9. The standard InChI is InChI=1S/C40H52N4O10/c1-9-52-37(48)32-24(3)41-25(4)33(38(49)53-10-2)28(32)23-30(35(46)43-31(36(47)51-8)22-27-19-15-12-16-20-27)42-34(45)29(21-26-17-13-11-14-18-26)44-39(50)54-40(5,6)7/h11-20,28-31,41H,9-10,21-23H2,1-8H3,(H,42,45)(H,43,46)(H,44,50)/t29-,30-,31-/m0/s1. The van der Waals surface area contributed by atoms with Crippen molar-refractivity contribution in [2.24, 2.45) is 5.92 Å². The second-order valence-electron chi connectivity index (χ2n) is 13.7. The zero-order valence-corrected chi connectivity index (χ0v) is 32.2. The summed E-state index contributed by atoms with van der Waals surface area (Å²) in [5.41, 5.74) is 1.41. The summed E-state index contributed by atoms with van der Waals surface area (Å²) < 4.78 is 21.2. The third-order valence-corrected chi connectivity index (χ3v) is 8.35. The van der Waals surface area contributed by atoms with Crippen molar-refractivity contribution in [2.75, 3.05) is 20.3 Å². The van der Waals surface area contributed by atoms with Gasteiger partial charge < -0.3 is 40.2 Å². The average molecular weight is 749 g/mol. The summed E-state index contributed by atoms with van der Waals surface area (Å²) in [6.45, 7) is 11.6. The summed E-state index contributed by atoms with van der Waals surface area (Å²) in [6.07, 6.45) is -1.13. The van der Waals surface area contributed by atoms with Crippen molar-refractivity contribution < 1.29 is 47.7 Å². The van der Waals surface area contributed by atoms with Crippen molar-refractivity contribution in [1.82, 2.24) is 21.3 Å². The van der Waals surface area contributed by atoms with Gasteiger partial charge >= 0.3 is 24.0 Å². The number of carbonyl (C=O) groups excluding carboxylic acids is 6. The van der Waals surface area contributed by atoms with E-state index in [1.54, 1.807) is 103 Å². The molecule has 1 heterocycles. The van der Waals surface area contributed by atoms with E-state index in [9.17, 15) is 28.8 Å². The lowest BCUT2D eigenvalue weighted by Gasteiger charge is -2.33. The molecule has 3 amide bonds. The van der Waals surface area contributed by atoms with Crippen molar-refractivity contribution in [3.8, 4) is 0 Å². The molecule has 0 saturated heterocycles. The van der Waals surface area contributed by atoms with E-state index in [1.165, 1.54) is 7.11 Å². The van der Waals surface area contributed by atoms with Gasteiger partial charge in [-0.1, -0.05) is 60.7 Å². The van der Waals surface area contributed by atoms with Crippen molar-refractivity contribution in [2.45, 2.75) is 91.5 Å². The second-order valence-corrected chi connectivity index (χ2v) is 13.7. The largest absolute Gasteiger partial charge is 0.467 e. The van der Waals surface area contributed by atoms with Crippen LogP contribution in [0.1, 0.15) is 66.0 Å². The number of hydrogen-bond donors (Lipinski definition) is 4. The lowest BCUT2D eigenvalue weighted by atomic mass is 9.80. The Morgan fingerprint density at radius 1 is 0.685 bits per heavy atom. The van der Waals surface area contributed by atoms with Gasteiger partial charge in [-0.15, -0.1) is 0 Å². The normalized spacial score (nSPS) is 14.8. The molecule has 54 heavy (non-hydrogen) atoms. The third-order valence-electron chi connectivity index (χ3n) is 8.35. The molecule has 0 unspecified atom stereocenters. The van der Waals surface area contributed by atoms with Crippen LogP contribution in [0.25, 0.3) is 0 Å². The molecule has 4 N–H and O–H groups in total. The number of ether oxygens (including phenoxy) is 4. The minimum Gasteiger partial charge on any atom is -0.467 e. The topological polar surface area (TPSA) is 187 Å². The molecular formula is C40H52N4O10. The molecule has 3 atom stereocenters. The Morgan fingerprint density at radius 2 is 1.13 bits per heavy atom. The van der Waals surface area contributed by atoms with Crippen LogP contribution in [0.15, 0.2) is 83.2 Å². The molecule has 14 nitrogen and oxygen atoms in total. The molecule has 0 fully saturated rings. The molecule has 0 saturated carbocycles. The van der Waals surface area contributed by atoms with E-state index in [1.807, 2.05) is 6.07 Å². The van der Waals surface area contributed by atoms with Crippen molar-refractivity contribution in [3.05, 3.63) is 94.3 Å². The van der Waals surface area contributed by atoms with Gasteiger partial charge in [0.25, 0.3) is 0 Å². The highest BCUT2D eigenvalue weighted by atomic mass is 16.6. The van der Waals surface area contributed by atoms with E-state index in [4.69, 9.17) is 18.9 Å². The maximum atomic E-state index is 14.4. The molecule has 0 aliphatic carbocycles. The highest BCUT2D eigenvalue weighted by Crippen LogP contribution is 2.35. The van der Waals surface area contributed by atoms with Gasteiger partial charge in [0.2, 0.25) is 11.8 Å². The van der Waals surface area contributed by atoms with Crippen LogP contribution in [-0.2, 0) is 55.8 Å². The molecule has 2 aromatic rings. The molecule has 1 aliphatic rings. The lowest BCUT2D eigenvalue weighted by Crippen LogP contribution is -2.57. The number of alkyl carbamates (subject to hydrolysis) is 1. The first-order valence-corrected chi connectivity index (χ1v) is 17.9. The Morgan fingerprint density at radius 3 is 1.57 bits per heavy atom. The highest BCUT2D eigenvalue weighted by Gasteiger charge is 2.41. The monoisotopic (exact) mass is 748 g/mol. The Labute approximate surface area is 316 Å². The third kappa shape index (κ3) is 12.5. The van der Waals surface area contributed by atoms with Gasteiger partial charge in [-0.2, -0.15) is 0 Å². The van der Waals surface area contributed by atoms with E-state index >= 15 is 0 Å². The van der Waals surface area contributed by atoms with Crippen LogP contribution < -0.4 is 21.3 Å². The Bertz CT molecular complexity index is 1680. The highest BCUT2D eigenvalue weighted by molar-refractivity contribution is 5.99. The minimum atomic E-state index is -1.49. The quantitative estimate of drug-likeness (QED) is 0.145. The molecule has 2 aromatic carbocycles. The Kier molecular flexibility index (Phi) is 15.8. The summed E-state index contributed by atoms with van der Waals surface area (Å²) in [5.74, 6) is -4.91. The van der Waals surface area contributed by atoms with Crippen LogP contribution >= 0.6 is 0 Å². The van der Waals surface area contributed by atoms with Gasteiger partial charge in [0, 0.05) is 30.2 Å². The predicted molar refractivity (Wildman–Crippen MR) is 199 cm³/mol. The molecule has 3 rings (SSSR count). The molecule has 0 radical (unpaired) electrons. The maximum Gasteiger partial charge on any atom is 0.408 e. The van der Waals surface area contributed by atoms with E-state index in [0.29, 0.717) is 17.0 Å². The Hall–Kier alpha value is -5.66. The van der Waals surface area contributed by atoms with Gasteiger partial charge in [-0.05, 0) is 66.0 Å². The molecule has 0 bridgehead atoms. The molecule has 0 spiro atoms. The molecular weight excluding hydrogens is 696 g/mol. The number of esters is 3. The summed E-state index contributed by atoms with van der Waals surface area (Å²) in [6, 6.07) is 14.0. The number of carbonyl (C=O) groups is 6. The van der Waals surface area contributed by atoms with Crippen LogP contribution in [-0.4, -0.2) is 79.9 Å².